The number of carbonyl (C=O) groups is 2. The zero-order chi connectivity index (χ0) is 23.7. The van der Waals surface area contributed by atoms with Crippen LogP contribution in [0.2, 0.25) is 0 Å². The first-order chi connectivity index (χ1) is 16.5. The van der Waals surface area contributed by atoms with Gasteiger partial charge < -0.3 is 15.1 Å². The second-order valence-corrected chi connectivity index (χ2v) is 8.95. The Morgan fingerprint density at radius 1 is 0.794 bits per heavy atom. The van der Waals surface area contributed by atoms with Gasteiger partial charge in [0.15, 0.2) is 0 Å². The van der Waals surface area contributed by atoms with E-state index < -0.39 is 5.91 Å². The maximum Gasteiger partial charge on any atom is 0.260 e. The summed E-state index contributed by atoms with van der Waals surface area (Å²) in [5, 5.41) is 5.69. The van der Waals surface area contributed by atoms with Crippen molar-refractivity contribution >= 4 is 28.8 Å². The summed E-state index contributed by atoms with van der Waals surface area (Å²) in [5.74, 6) is -0.774. The fourth-order valence-electron chi connectivity index (χ4n) is 4.38. The molecule has 6 nitrogen and oxygen atoms in total. The van der Waals surface area contributed by atoms with E-state index in [4.69, 9.17) is 0 Å². The number of piperazine rings is 1. The molecule has 6 heteroatoms. The van der Waals surface area contributed by atoms with Crippen molar-refractivity contribution in [2.45, 2.75) is 6.92 Å². The Kier molecular flexibility index (Phi) is 5.90. The number of fused-ring (bicyclic) bond motifs is 1. The SMILES string of the molecule is Cc1ccc(-c2ccc3c(c2)/C(=C/Nc2ccc(N4CCN(C)CC4)cc2)C(=O)NC3=O)cc1. The highest BCUT2D eigenvalue weighted by atomic mass is 16.2. The zero-order valence-electron chi connectivity index (χ0n) is 19.5. The smallest absolute Gasteiger partial charge is 0.260 e. The first kappa shape index (κ1) is 21.9. The molecule has 2 heterocycles. The number of carbonyl (C=O) groups excluding carboxylic acids is 2. The van der Waals surface area contributed by atoms with Crippen LogP contribution in [0.15, 0.2) is 72.9 Å². The molecule has 34 heavy (non-hydrogen) atoms. The lowest BCUT2D eigenvalue weighted by Crippen LogP contribution is -2.44. The lowest BCUT2D eigenvalue weighted by Gasteiger charge is -2.34. The van der Waals surface area contributed by atoms with Gasteiger partial charge in [-0.3, -0.25) is 14.9 Å². The van der Waals surface area contributed by atoms with Gasteiger partial charge in [-0.25, -0.2) is 0 Å². The second kappa shape index (κ2) is 9.15. The summed E-state index contributed by atoms with van der Waals surface area (Å²) in [4.78, 5) is 29.9. The maximum atomic E-state index is 12.7. The highest BCUT2D eigenvalue weighted by Crippen LogP contribution is 2.30. The van der Waals surface area contributed by atoms with Crippen LogP contribution in [0.4, 0.5) is 11.4 Å². The van der Waals surface area contributed by atoms with Gasteiger partial charge >= 0.3 is 0 Å². The summed E-state index contributed by atoms with van der Waals surface area (Å²) < 4.78 is 0. The number of hydrogen-bond acceptors (Lipinski definition) is 5. The van der Waals surface area contributed by atoms with Crippen LogP contribution in [0, 0.1) is 6.92 Å². The first-order valence-electron chi connectivity index (χ1n) is 11.6. The molecule has 1 fully saturated rings. The lowest BCUT2D eigenvalue weighted by molar-refractivity contribution is -0.114. The van der Waals surface area contributed by atoms with Gasteiger partial charge in [-0.2, -0.15) is 0 Å². The third-order valence-electron chi connectivity index (χ3n) is 6.53. The van der Waals surface area contributed by atoms with Gasteiger partial charge in [-0.1, -0.05) is 35.9 Å². The molecule has 0 aliphatic carbocycles. The Hall–Kier alpha value is -3.90. The Morgan fingerprint density at radius 3 is 2.18 bits per heavy atom. The van der Waals surface area contributed by atoms with Crippen LogP contribution in [-0.2, 0) is 4.79 Å². The van der Waals surface area contributed by atoms with Crippen LogP contribution < -0.4 is 15.5 Å². The van der Waals surface area contributed by atoms with Crippen molar-refractivity contribution in [1.82, 2.24) is 10.2 Å². The second-order valence-electron chi connectivity index (χ2n) is 8.95. The van der Waals surface area contributed by atoms with Crippen molar-refractivity contribution in [3.63, 3.8) is 0 Å². The number of hydrogen-bond donors (Lipinski definition) is 2. The van der Waals surface area contributed by atoms with E-state index in [0.717, 1.165) is 43.0 Å². The molecule has 3 aromatic rings. The van der Waals surface area contributed by atoms with E-state index in [9.17, 15) is 9.59 Å². The molecule has 0 spiro atoms. The molecule has 1 saturated heterocycles. The summed E-state index contributed by atoms with van der Waals surface area (Å²) in [6.07, 6.45) is 1.68. The molecule has 172 valence electrons. The van der Waals surface area contributed by atoms with Crippen molar-refractivity contribution < 1.29 is 9.59 Å². The summed E-state index contributed by atoms with van der Waals surface area (Å²) in [5.41, 5.74) is 6.82. The molecular weight excluding hydrogens is 424 g/mol. The Bertz CT molecular complexity index is 1250. The number of anilines is 2. The van der Waals surface area contributed by atoms with Crippen LogP contribution in [0.1, 0.15) is 21.5 Å². The molecule has 2 amide bonds. The van der Waals surface area contributed by atoms with E-state index in [1.54, 1.807) is 12.3 Å². The normalized spacial score (nSPS) is 17.5. The van der Waals surface area contributed by atoms with Gasteiger partial charge in [-0.05, 0) is 61.5 Å². The number of imide groups is 1. The number of likely N-dealkylation sites (N-methyl/N-ethyl adjacent to an activating group) is 1. The number of nitrogens with zero attached hydrogens (tertiary/aromatic N) is 2. The number of aryl methyl sites for hydroxylation is 1. The average molecular weight is 453 g/mol. The van der Waals surface area contributed by atoms with Gasteiger partial charge in [0, 0.05) is 54.9 Å². The molecule has 0 atom stereocenters. The molecule has 0 unspecified atom stereocenters. The molecule has 2 N–H and O–H groups in total. The molecule has 5 rings (SSSR count). The van der Waals surface area contributed by atoms with Crippen LogP contribution >= 0.6 is 0 Å². The Morgan fingerprint density at radius 2 is 1.47 bits per heavy atom. The average Bonchev–Trinajstić information content (AvgIpc) is 2.85. The van der Waals surface area contributed by atoms with E-state index in [-0.39, 0.29) is 5.91 Å². The van der Waals surface area contributed by atoms with Gasteiger partial charge in [0.25, 0.3) is 11.8 Å². The van der Waals surface area contributed by atoms with Crippen molar-refractivity contribution in [2.24, 2.45) is 0 Å². The molecular formula is C28H28N4O2. The third-order valence-corrected chi connectivity index (χ3v) is 6.53. The zero-order valence-corrected chi connectivity index (χ0v) is 19.5. The molecule has 2 aliphatic rings. The molecule has 0 saturated carbocycles. The summed E-state index contributed by atoms with van der Waals surface area (Å²) in [6, 6.07) is 22.0. The lowest BCUT2D eigenvalue weighted by atomic mass is 9.91. The standard InChI is InChI=1S/C28H28N4O2/c1-19-3-5-20(6-4-19)21-7-12-24-25(17-21)26(28(34)30-27(24)33)18-29-22-8-10-23(11-9-22)32-15-13-31(2)14-16-32/h3-12,17-18,29H,13-16H2,1-2H3,(H,30,33,34)/b26-18-. The minimum atomic E-state index is -0.403. The van der Waals surface area contributed by atoms with E-state index in [1.165, 1.54) is 11.3 Å². The number of benzene rings is 3. The molecule has 2 aliphatic heterocycles. The molecule has 0 radical (unpaired) electrons. The minimum Gasteiger partial charge on any atom is -0.369 e. The molecule has 0 aromatic heterocycles. The van der Waals surface area contributed by atoms with Crippen molar-refractivity contribution in [3.8, 4) is 11.1 Å². The van der Waals surface area contributed by atoms with E-state index in [2.05, 4.69) is 51.7 Å². The van der Waals surface area contributed by atoms with Crippen LogP contribution in [0.3, 0.4) is 0 Å². The predicted molar refractivity (Wildman–Crippen MR) is 137 cm³/mol. The summed E-state index contributed by atoms with van der Waals surface area (Å²) >= 11 is 0. The Labute approximate surface area is 199 Å². The minimum absolute atomic E-state index is 0.371. The topological polar surface area (TPSA) is 64.7 Å². The van der Waals surface area contributed by atoms with Gasteiger partial charge in [0.1, 0.15) is 0 Å². The van der Waals surface area contributed by atoms with Crippen LogP contribution in [0.25, 0.3) is 16.7 Å². The van der Waals surface area contributed by atoms with E-state index in [1.807, 2.05) is 43.3 Å². The number of amides is 2. The number of rotatable bonds is 4. The van der Waals surface area contributed by atoms with Crippen molar-refractivity contribution in [1.29, 1.82) is 0 Å². The Balaban J connectivity index is 1.40. The summed E-state index contributed by atoms with van der Waals surface area (Å²) in [7, 11) is 2.15. The van der Waals surface area contributed by atoms with E-state index in [0.29, 0.717) is 16.7 Å². The first-order valence-corrected chi connectivity index (χ1v) is 11.6. The van der Waals surface area contributed by atoms with Gasteiger partial charge in [0.2, 0.25) is 0 Å². The van der Waals surface area contributed by atoms with Crippen LogP contribution in [0.5, 0.6) is 0 Å². The van der Waals surface area contributed by atoms with Crippen molar-refractivity contribution in [2.75, 3.05) is 43.4 Å². The van der Waals surface area contributed by atoms with E-state index >= 15 is 0 Å². The quantitative estimate of drug-likeness (QED) is 0.460. The van der Waals surface area contributed by atoms with Gasteiger partial charge in [-0.15, -0.1) is 0 Å². The fourth-order valence-corrected chi connectivity index (χ4v) is 4.38. The third kappa shape index (κ3) is 4.45. The monoisotopic (exact) mass is 452 g/mol. The highest BCUT2D eigenvalue weighted by molar-refractivity contribution is 6.31. The summed E-state index contributed by atoms with van der Waals surface area (Å²) in [6.45, 7) is 6.20. The van der Waals surface area contributed by atoms with Gasteiger partial charge in [0.05, 0.1) is 5.57 Å². The highest BCUT2D eigenvalue weighted by Gasteiger charge is 2.27. The number of nitrogens with one attached hydrogen (secondary N) is 2. The fraction of sp³-hybridized carbons (Fsp3) is 0.214. The maximum absolute atomic E-state index is 12.7. The predicted octanol–water partition coefficient (Wildman–Crippen LogP) is 4.14. The van der Waals surface area contributed by atoms with Crippen LogP contribution in [-0.4, -0.2) is 49.9 Å². The molecule has 3 aromatic carbocycles. The molecule has 0 bridgehead atoms. The van der Waals surface area contributed by atoms with Crippen molar-refractivity contribution in [3.05, 3.63) is 89.6 Å². The largest absolute Gasteiger partial charge is 0.369 e.